The third kappa shape index (κ3) is 3.57. The van der Waals surface area contributed by atoms with Crippen LogP contribution in [0.3, 0.4) is 0 Å². The molecule has 0 fully saturated rings. The van der Waals surface area contributed by atoms with E-state index in [9.17, 15) is 14.9 Å². The molecule has 0 spiro atoms. The van der Waals surface area contributed by atoms with Gasteiger partial charge in [0.2, 0.25) is 0 Å². The SMILES string of the molecule is COC(=O)c1ccc(NCc2ccc([N+](=O)[O-])cc2)nc1C. The third-order valence-corrected chi connectivity index (χ3v) is 3.11. The number of nitrogens with one attached hydrogen (secondary N) is 1. The van der Waals surface area contributed by atoms with Gasteiger partial charge in [0.15, 0.2) is 0 Å². The molecule has 114 valence electrons. The molecule has 2 rings (SSSR count). The van der Waals surface area contributed by atoms with Crippen LogP contribution in [0.5, 0.6) is 0 Å². The van der Waals surface area contributed by atoms with E-state index in [0.29, 0.717) is 23.6 Å². The largest absolute Gasteiger partial charge is 0.465 e. The van der Waals surface area contributed by atoms with Crippen LogP contribution in [0.4, 0.5) is 11.5 Å². The van der Waals surface area contributed by atoms with Gasteiger partial charge in [-0.3, -0.25) is 10.1 Å². The van der Waals surface area contributed by atoms with Crippen molar-refractivity contribution in [2.75, 3.05) is 12.4 Å². The fraction of sp³-hybridized carbons (Fsp3) is 0.200. The molecule has 0 aliphatic rings. The molecule has 0 saturated carbocycles. The van der Waals surface area contributed by atoms with Crippen molar-refractivity contribution >= 4 is 17.5 Å². The molecule has 0 atom stereocenters. The summed E-state index contributed by atoms with van der Waals surface area (Å²) < 4.78 is 4.66. The summed E-state index contributed by atoms with van der Waals surface area (Å²) in [4.78, 5) is 25.9. The number of nitro groups is 1. The lowest BCUT2D eigenvalue weighted by atomic mass is 10.2. The van der Waals surface area contributed by atoms with Crippen LogP contribution in [0, 0.1) is 17.0 Å². The van der Waals surface area contributed by atoms with Crippen LogP contribution < -0.4 is 5.32 Å². The van der Waals surface area contributed by atoms with E-state index < -0.39 is 10.9 Å². The highest BCUT2D eigenvalue weighted by atomic mass is 16.6. The van der Waals surface area contributed by atoms with Gasteiger partial charge in [0.05, 0.1) is 23.3 Å². The lowest BCUT2D eigenvalue weighted by Gasteiger charge is -2.08. The first-order valence-electron chi connectivity index (χ1n) is 6.54. The molecule has 1 N–H and O–H groups in total. The van der Waals surface area contributed by atoms with E-state index in [1.165, 1.54) is 19.2 Å². The zero-order valence-corrected chi connectivity index (χ0v) is 12.2. The Balaban J connectivity index is 2.04. The monoisotopic (exact) mass is 301 g/mol. The summed E-state index contributed by atoms with van der Waals surface area (Å²) in [5.41, 5.74) is 1.94. The Morgan fingerprint density at radius 3 is 2.50 bits per heavy atom. The lowest BCUT2D eigenvalue weighted by Crippen LogP contribution is -2.08. The molecule has 0 saturated heterocycles. The first-order valence-corrected chi connectivity index (χ1v) is 6.54. The average molecular weight is 301 g/mol. The number of methoxy groups -OCH3 is 1. The van der Waals surface area contributed by atoms with Gasteiger partial charge in [0.25, 0.3) is 5.69 Å². The minimum absolute atomic E-state index is 0.0557. The predicted octanol–water partition coefficient (Wildman–Crippen LogP) is 2.70. The van der Waals surface area contributed by atoms with Crippen LogP contribution in [-0.2, 0) is 11.3 Å². The van der Waals surface area contributed by atoms with E-state index in [1.54, 1.807) is 31.2 Å². The number of carbonyl (C=O) groups is 1. The smallest absolute Gasteiger partial charge is 0.339 e. The van der Waals surface area contributed by atoms with Gasteiger partial charge in [-0.1, -0.05) is 12.1 Å². The molecule has 0 bridgehead atoms. The second kappa shape index (κ2) is 6.66. The van der Waals surface area contributed by atoms with E-state index in [4.69, 9.17) is 0 Å². The zero-order chi connectivity index (χ0) is 16.1. The molecular formula is C15H15N3O4. The Labute approximate surface area is 127 Å². The normalized spacial score (nSPS) is 10.1. The minimum Gasteiger partial charge on any atom is -0.465 e. The number of nitro benzene ring substituents is 1. The number of carbonyl (C=O) groups excluding carboxylic acids is 1. The number of aryl methyl sites for hydroxylation is 1. The van der Waals surface area contributed by atoms with Gasteiger partial charge in [-0.05, 0) is 24.6 Å². The number of hydrogen-bond donors (Lipinski definition) is 1. The first-order chi connectivity index (χ1) is 10.5. The van der Waals surface area contributed by atoms with Gasteiger partial charge in [-0.2, -0.15) is 0 Å². The summed E-state index contributed by atoms with van der Waals surface area (Å²) in [6.45, 7) is 2.20. The number of nitrogens with zero attached hydrogens (tertiary/aromatic N) is 2. The number of non-ortho nitro benzene ring substituents is 1. The molecule has 0 aliphatic heterocycles. The summed E-state index contributed by atoms with van der Waals surface area (Å²) in [5.74, 6) is 0.190. The van der Waals surface area contributed by atoms with Crippen molar-refractivity contribution in [3.05, 3.63) is 63.3 Å². The highest BCUT2D eigenvalue weighted by Gasteiger charge is 2.10. The minimum atomic E-state index is -0.437. The van der Waals surface area contributed by atoms with Crippen LogP contribution in [-0.4, -0.2) is 23.0 Å². The first kappa shape index (κ1) is 15.4. The Morgan fingerprint density at radius 1 is 1.27 bits per heavy atom. The van der Waals surface area contributed by atoms with Crippen molar-refractivity contribution < 1.29 is 14.5 Å². The second-order valence-electron chi connectivity index (χ2n) is 4.60. The van der Waals surface area contributed by atoms with E-state index >= 15 is 0 Å². The van der Waals surface area contributed by atoms with Crippen LogP contribution in [0.1, 0.15) is 21.6 Å². The number of pyridine rings is 1. The number of hydrogen-bond acceptors (Lipinski definition) is 6. The molecule has 1 aromatic heterocycles. The Hall–Kier alpha value is -2.96. The topological polar surface area (TPSA) is 94.4 Å². The van der Waals surface area contributed by atoms with Crippen molar-refractivity contribution in [1.82, 2.24) is 4.98 Å². The number of ether oxygens (including phenoxy) is 1. The summed E-state index contributed by atoms with van der Waals surface area (Å²) in [5, 5.41) is 13.7. The molecule has 2 aromatic rings. The summed E-state index contributed by atoms with van der Waals surface area (Å²) in [6, 6.07) is 9.60. The fourth-order valence-electron chi connectivity index (χ4n) is 1.91. The Morgan fingerprint density at radius 2 is 1.95 bits per heavy atom. The molecule has 0 amide bonds. The average Bonchev–Trinajstić information content (AvgIpc) is 2.52. The van der Waals surface area contributed by atoms with Gasteiger partial charge < -0.3 is 10.1 Å². The van der Waals surface area contributed by atoms with Crippen molar-refractivity contribution in [2.45, 2.75) is 13.5 Å². The van der Waals surface area contributed by atoms with Crippen molar-refractivity contribution in [2.24, 2.45) is 0 Å². The summed E-state index contributed by atoms with van der Waals surface area (Å²) >= 11 is 0. The summed E-state index contributed by atoms with van der Waals surface area (Å²) in [6.07, 6.45) is 0. The van der Waals surface area contributed by atoms with Crippen LogP contribution in [0.25, 0.3) is 0 Å². The fourth-order valence-corrected chi connectivity index (χ4v) is 1.91. The molecule has 1 heterocycles. The maximum atomic E-state index is 11.5. The number of benzene rings is 1. The number of esters is 1. The number of aromatic nitrogens is 1. The quantitative estimate of drug-likeness (QED) is 0.518. The highest BCUT2D eigenvalue weighted by molar-refractivity contribution is 5.90. The van der Waals surface area contributed by atoms with E-state index in [-0.39, 0.29) is 5.69 Å². The van der Waals surface area contributed by atoms with Crippen molar-refractivity contribution in [3.8, 4) is 0 Å². The highest BCUT2D eigenvalue weighted by Crippen LogP contribution is 2.15. The third-order valence-electron chi connectivity index (χ3n) is 3.11. The molecular weight excluding hydrogens is 286 g/mol. The zero-order valence-electron chi connectivity index (χ0n) is 12.2. The molecule has 7 heteroatoms. The maximum Gasteiger partial charge on any atom is 0.339 e. The van der Waals surface area contributed by atoms with Crippen LogP contribution >= 0.6 is 0 Å². The summed E-state index contributed by atoms with van der Waals surface area (Å²) in [7, 11) is 1.32. The van der Waals surface area contributed by atoms with Gasteiger partial charge in [0.1, 0.15) is 5.82 Å². The predicted molar refractivity (Wildman–Crippen MR) is 80.7 cm³/mol. The number of rotatable bonds is 5. The van der Waals surface area contributed by atoms with E-state index in [2.05, 4.69) is 15.0 Å². The Bertz CT molecular complexity index is 698. The maximum absolute atomic E-state index is 11.5. The molecule has 0 aliphatic carbocycles. The van der Waals surface area contributed by atoms with Crippen LogP contribution in [0.15, 0.2) is 36.4 Å². The van der Waals surface area contributed by atoms with Gasteiger partial charge in [-0.15, -0.1) is 0 Å². The molecule has 7 nitrogen and oxygen atoms in total. The van der Waals surface area contributed by atoms with Gasteiger partial charge in [0, 0.05) is 18.7 Å². The van der Waals surface area contributed by atoms with E-state index in [1.807, 2.05) is 0 Å². The standard InChI is InChI=1S/C15H15N3O4/c1-10-13(15(19)22-2)7-8-14(17-10)16-9-11-3-5-12(6-4-11)18(20)21/h3-8H,9H2,1-2H3,(H,16,17). The van der Waals surface area contributed by atoms with Gasteiger partial charge in [-0.25, -0.2) is 9.78 Å². The van der Waals surface area contributed by atoms with Crippen molar-refractivity contribution in [1.29, 1.82) is 0 Å². The van der Waals surface area contributed by atoms with Gasteiger partial charge >= 0.3 is 5.97 Å². The second-order valence-corrected chi connectivity index (χ2v) is 4.60. The van der Waals surface area contributed by atoms with Crippen molar-refractivity contribution in [3.63, 3.8) is 0 Å². The Kier molecular flexibility index (Phi) is 4.67. The molecule has 1 aromatic carbocycles. The lowest BCUT2D eigenvalue weighted by molar-refractivity contribution is -0.384. The van der Waals surface area contributed by atoms with Crippen LogP contribution in [0.2, 0.25) is 0 Å². The number of anilines is 1. The molecule has 0 radical (unpaired) electrons. The molecule has 22 heavy (non-hydrogen) atoms. The molecule has 0 unspecified atom stereocenters. The van der Waals surface area contributed by atoms with E-state index in [0.717, 1.165) is 5.56 Å².